The first-order valence-corrected chi connectivity index (χ1v) is 7.26. The molecule has 2 aromatic rings. The van der Waals surface area contributed by atoms with Crippen molar-refractivity contribution in [1.29, 1.82) is 0 Å². The molecule has 0 aliphatic carbocycles. The lowest BCUT2D eigenvalue weighted by atomic mass is 10.3. The van der Waals surface area contributed by atoms with E-state index in [1.807, 2.05) is 26.2 Å². The molecule has 1 amide bonds. The molecule has 0 fully saturated rings. The molecule has 0 saturated carbocycles. The lowest BCUT2D eigenvalue weighted by Crippen LogP contribution is -2.21. The molecular weight excluding hydrogens is 294 g/mol. The van der Waals surface area contributed by atoms with Gasteiger partial charge in [0.1, 0.15) is 0 Å². The Labute approximate surface area is 135 Å². The molecule has 0 unspecified atom stereocenters. The second-order valence-corrected chi connectivity index (χ2v) is 5.28. The fraction of sp³-hybridized carbons (Fsp3) is 0.333. The van der Waals surface area contributed by atoms with Crippen LogP contribution in [0.3, 0.4) is 0 Å². The van der Waals surface area contributed by atoms with Gasteiger partial charge in [0.2, 0.25) is 11.9 Å². The Balaban J connectivity index is 1.95. The third-order valence-corrected chi connectivity index (χ3v) is 2.89. The van der Waals surface area contributed by atoms with Gasteiger partial charge in [-0.1, -0.05) is 0 Å². The molecule has 23 heavy (non-hydrogen) atoms. The number of hydrogen-bond donors (Lipinski definition) is 3. The number of carbonyl (C=O) groups excluding carboxylic acids is 1. The number of hydrogen-bond acceptors (Lipinski definition) is 7. The molecule has 3 N–H and O–H groups in total. The molecule has 122 valence electrons. The number of aromatic nitrogens is 3. The van der Waals surface area contributed by atoms with Crippen molar-refractivity contribution in [3.8, 4) is 0 Å². The predicted octanol–water partition coefficient (Wildman–Crippen LogP) is 1.55. The fourth-order valence-electron chi connectivity index (χ4n) is 1.82. The molecule has 2 rings (SSSR count). The van der Waals surface area contributed by atoms with Gasteiger partial charge in [0.15, 0.2) is 5.82 Å². The highest BCUT2D eigenvalue weighted by atomic mass is 16.1. The summed E-state index contributed by atoms with van der Waals surface area (Å²) in [7, 11) is 4.02. The lowest BCUT2D eigenvalue weighted by Gasteiger charge is -2.11. The van der Waals surface area contributed by atoms with Crippen molar-refractivity contribution in [3.05, 3.63) is 30.5 Å². The first kappa shape index (κ1) is 16.6. The average molecular weight is 315 g/mol. The smallest absolute Gasteiger partial charge is 0.249 e. The van der Waals surface area contributed by atoms with Crippen LogP contribution in [0.4, 0.5) is 23.1 Å². The summed E-state index contributed by atoms with van der Waals surface area (Å²) < 4.78 is 0. The summed E-state index contributed by atoms with van der Waals surface area (Å²) in [4.78, 5) is 17.4. The van der Waals surface area contributed by atoms with Crippen LogP contribution in [0.1, 0.15) is 6.92 Å². The quantitative estimate of drug-likeness (QED) is 0.713. The van der Waals surface area contributed by atoms with E-state index in [9.17, 15) is 4.79 Å². The van der Waals surface area contributed by atoms with Crippen LogP contribution in [-0.2, 0) is 4.79 Å². The molecule has 1 aromatic carbocycles. The van der Waals surface area contributed by atoms with E-state index in [2.05, 4.69) is 36.0 Å². The molecule has 8 heteroatoms. The van der Waals surface area contributed by atoms with Gasteiger partial charge in [0, 0.05) is 31.4 Å². The van der Waals surface area contributed by atoms with Crippen molar-refractivity contribution >= 4 is 29.0 Å². The van der Waals surface area contributed by atoms with E-state index in [1.165, 1.54) is 6.92 Å². The summed E-state index contributed by atoms with van der Waals surface area (Å²) in [5, 5.41) is 16.9. The van der Waals surface area contributed by atoms with E-state index in [1.54, 1.807) is 18.3 Å². The number of benzene rings is 1. The number of likely N-dealkylation sites (N-methyl/N-ethyl adjacent to an activating group) is 1. The van der Waals surface area contributed by atoms with Gasteiger partial charge in [0.25, 0.3) is 0 Å². The van der Waals surface area contributed by atoms with Crippen LogP contribution in [-0.4, -0.2) is 53.2 Å². The fourth-order valence-corrected chi connectivity index (χ4v) is 1.82. The van der Waals surface area contributed by atoms with E-state index in [4.69, 9.17) is 0 Å². The highest BCUT2D eigenvalue weighted by Gasteiger charge is 2.02. The third kappa shape index (κ3) is 5.87. The molecule has 0 bridgehead atoms. The Morgan fingerprint density at radius 1 is 1.17 bits per heavy atom. The molecule has 1 heterocycles. The minimum atomic E-state index is -0.102. The van der Waals surface area contributed by atoms with E-state index >= 15 is 0 Å². The maximum atomic E-state index is 11.0. The van der Waals surface area contributed by atoms with Crippen molar-refractivity contribution < 1.29 is 4.79 Å². The molecule has 0 radical (unpaired) electrons. The Morgan fingerprint density at radius 2 is 1.87 bits per heavy atom. The highest BCUT2D eigenvalue weighted by Crippen LogP contribution is 2.16. The van der Waals surface area contributed by atoms with Crippen molar-refractivity contribution in [2.24, 2.45) is 0 Å². The van der Waals surface area contributed by atoms with Gasteiger partial charge in [-0.3, -0.25) is 4.79 Å². The molecular formula is C15H21N7O. The second kappa shape index (κ2) is 8.04. The molecule has 0 aliphatic heterocycles. The van der Waals surface area contributed by atoms with Gasteiger partial charge in [0.05, 0.1) is 6.20 Å². The molecule has 0 atom stereocenters. The monoisotopic (exact) mass is 315 g/mol. The van der Waals surface area contributed by atoms with Crippen LogP contribution in [0.15, 0.2) is 30.5 Å². The Bertz CT molecular complexity index is 643. The minimum Gasteiger partial charge on any atom is -0.367 e. The van der Waals surface area contributed by atoms with E-state index in [0.29, 0.717) is 11.8 Å². The molecule has 1 aromatic heterocycles. The summed E-state index contributed by atoms with van der Waals surface area (Å²) in [6.07, 6.45) is 1.58. The topological polar surface area (TPSA) is 95.1 Å². The first-order valence-electron chi connectivity index (χ1n) is 7.26. The zero-order chi connectivity index (χ0) is 16.7. The number of nitrogens with one attached hydrogen (secondary N) is 3. The summed E-state index contributed by atoms with van der Waals surface area (Å²) in [6.45, 7) is 3.15. The Morgan fingerprint density at radius 3 is 2.52 bits per heavy atom. The van der Waals surface area contributed by atoms with Gasteiger partial charge in [-0.15, -0.1) is 5.10 Å². The Hall–Kier alpha value is -2.74. The van der Waals surface area contributed by atoms with Gasteiger partial charge < -0.3 is 20.9 Å². The summed E-state index contributed by atoms with van der Waals surface area (Å²) in [5.74, 6) is 0.973. The Kier molecular flexibility index (Phi) is 5.81. The van der Waals surface area contributed by atoms with Crippen molar-refractivity contribution in [2.45, 2.75) is 6.92 Å². The minimum absolute atomic E-state index is 0.102. The maximum absolute atomic E-state index is 11.0. The van der Waals surface area contributed by atoms with Gasteiger partial charge in [-0.05, 0) is 38.4 Å². The number of nitrogens with zero attached hydrogens (tertiary/aromatic N) is 4. The van der Waals surface area contributed by atoms with Crippen molar-refractivity contribution in [1.82, 2.24) is 20.1 Å². The summed E-state index contributed by atoms with van der Waals surface area (Å²) in [5.41, 5.74) is 1.55. The van der Waals surface area contributed by atoms with Crippen LogP contribution >= 0.6 is 0 Å². The molecule has 0 aliphatic rings. The van der Waals surface area contributed by atoms with E-state index in [0.717, 1.165) is 24.5 Å². The number of amides is 1. The average Bonchev–Trinajstić information content (AvgIpc) is 2.49. The van der Waals surface area contributed by atoms with E-state index in [-0.39, 0.29) is 5.91 Å². The zero-order valence-corrected chi connectivity index (χ0v) is 13.5. The van der Waals surface area contributed by atoms with Crippen LogP contribution in [0.2, 0.25) is 0 Å². The largest absolute Gasteiger partial charge is 0.367 e. The van der Waals surface area contributed by atoms with Crippen LogP contribution in [0.25, 0.3) is 0 Å². The third-order valence-electron chi connectivity index (χ3n) is 2.89. The normalized spacial score (nSPS) is 10.4. The van der Waals surface area contributed by atoms with Crippen molar-refractivity contribution in [3.63, 3.8) is 0 Å². The van der Waals surface area contributed by atoms with E-state index < -0.39 is 0 Å². The maximum Gasteiger partial charge on any atom is 0.249 e. The zero-order valence-electron chi connectivity index (χ0n) is 13.5. The number of anilines is 4. The van der Waals surface area contributed by atoms with Crippen molar-refractivity contribution in [2.75, 3.05) is 43.1 Å². The van der Waals surface area contributed by atoms with Gasteiger partial charge in [-0.2, -0.15) is 10.1 Å². The van der Waals surface area contributed by atoms with Crippen LogP contribution in [0.5, 0.6) is 0 Å². The molecule has 0 saturated heterocycles. The van der Waals surface area contributed by atoms with Crippen LogP contribution < -0.4 is 16.0 Å². The van der Waals surface area contributed by atoms with Crippen LogP contribution in [0, 0.1) is 0 Å². The van der Waals surface area contributed by atoms with Gasteiger partial charge >= 0.3 is 0 Å². The highest BCUT2D eigenvalue weighted by molar-refractivity contribution is 5.88. The second-order valence-electron chi connectivity index (χ2n) is 5.28. The summed E-state index contributed by atoms with van der Waals surface area (Å²) in [6, 6.07) is 7.27. The molecule has 8 nitrogen and oxygen atoms in total. The SMILES string of the molecule is CC(=O)Nc1ccc(Nc2nncc(NCCN(C)C)n2)cc1. The predicted molar refractivity (Wildman–Crippen MR) is 90.9 cm³/mol. The van der Waals surface area contributed by atoms with Gasteiger partial charge in [-0.25, -0.2) is 0 Å². The number of rotatable bonds is 7. The molecule has 0 spiro atoms. The summed E-state index contributed by atoms with van der Waals surface area (Å²) >= 11 is 0. The number of carbonyl (C=O) groups is 1. The first-order chi connectivity index (χ1) is 11.0. The lowest BCUT2D eigenvalue weighted by molar-refractivity contribution is -0.114. The standard InChI is InChI=1S/C15H21N7O/c1-11(23)18-12-4-6-13(7-5-12)19-15-20-14(10-17-21-15)16-8-9-22(2)3/h4-7,10H,8-9H2,1-3H3,(H,18,23)(H2,16,19,20,21).